The highest BCUT2D eigenvalue weighted by molar-refractivity contribution is 8.00. The van der Waals surface area contributed by atoms with Crippen molar-refractivity contribution in [1.82, 2.24) is 14.8 Å². The first-order valence-corrected chi connectivity index (χ1v) is 12.3. The van der Waals surface area contributed by atoms with Crippen LogP contribution in [0.3, 0.4) is 0 Å². The first-order chi connectivity index (χ1) is 14.7. The number of thioether (sulfide) groups is 2. The Hall–Kier alpha value is -2.25. The molecule has 3 aromatic rings. The van der Waals surface area contributed by atoms with Gasteiger partial charge in [0.1, 0.15) is 5.82 Å². The maximum absolute atomic E-state index is 13.1. The Morgan fingerprint density at radius 1 is 1.10 bits per heavy atom. The van der Waals surface area contributed by atoms with Crippen molar-refractivity contribution in [2.75, 3.05) is 17.2 Å². The van der Waals surface area contributed by atoms with Crippen LogP contribution in [-0.4, -0.2) is 38.2 Å². The molecular weight excluding hydrogens is 412 g/mol. The maximum atomic E-state index is 13.1. The third kappa shape index (κ3) is 4.14. The fourth-order valence-electron chi connectivity index (χ4n) is 3.68. The highest BCUT2D eigenvalue weighted by Crippen LogP contribution is 2.41. The summed E-state index contributed by atoms with van der Waals surface area (Å²) in [5.74, 6) is 1.96. The smallest absolute Gasteiger partial charge is 0.237 e. The molecule has 5 nitrogen and oxygen atoms in total. The second kappa shape index (κ2) is 8.47. The number of fused-ring (bicyclic) bond motifs is 1. The zero-order valence-electron chi connectivity index (χ0n) is 16.9. The molecule has 0 radical (unpaired) electrons. The number of aromatic nitrogens is 3. The highest BCUT2D eigenvalue weighted by atomic mass is 32.2. The van der Waals surface area contributed by atoms with Gasteiger partial charge in [-0.1, -0.05) is 49.0 Å². The molecule has 7 heteroatoms. The van der Waals surface area contributed by atoms with Crippen LogP contribution in [0.2, 0.25) is 0 Å². The van der Waals surface area contributed by atoms with Crippen molar-refractivity contribution in [3.05, 3.63) is 60.4 Å². The van der Waals surface area contributed by atoms with Crippen molar-refractivity contribution in [1.29, 1.82) is 0 Å². The summed E-state index contributed by atoms with van der Waals surface area (Å²) in [7, 11) is 0. The van der Waals surface area contributed by atoms with Crippen molar-refractivity contribution < 1.29 is 4.79 Å². The van der Waals surface area contributed by atoms with E-state index in [4.69, 9.17) is 10.1 Å². The summed E-state index contributed by atoms with van der Waals surface area (Å²) in [6.07, 6.45) is 3.31. The summed E-state index contributed by atoms with van der Waals surface area (Å²) in [4.78, 5) is 21.0. The van der Waals surface area contributed by atoms with Crippen LogP contribution in [-0.2, 0) is 4.79 Å². The van der Waals surface area contributed by atoms with E-state index in [9.17, 15) is 4.79 Å². The van der Waals surface area contributed by atoms with E-state index in [1.807, 2.05) is 63.8 Å². The Kier molecular flexibility index (Phi) is 5.56. The van der Waals surface area contributed by atoms with Crippen LogP contribution in [0.25, 0.3) is 5.69 Å². The average Bonchev–Trinajstić information content (AvgIpc) is 3.55. The van der Waals surface area contributed by atoms with E-state index >= 15 is 0 Å². The van der Waals surface area contributed by atoms with Crippen LogP contribution in [0.5, 0.6) is 0 Å². The first kappa shape index (κ1) is 19.7. The van der Waals surface area contributed by atoms with Crippen LogP contribution in [0, 0.1) is 0 Å². The van der Waals surface area contributed by atoms with Gasteiger partial charge in [0.25, 0.3) is 0 Å². The van der Waals surface area contributed by atoms with Crippen LogP contribution >= 0.6 is 23.5 Å². The summed E-state index contributed by atoms with van der Waals surface area (Å²) in [5.41, 5.74) is 2.05. The lowest BCUT2D eigenvalue weighted by molar-refractivity contribution is -0.116. The van der Waals surface area contributed by atoms with Crippen molar-refractivity contribution in [2.24, 2.45) is 0 Å². The quantitative estimate of drug-likeness (QED) is 0.518. The standard InChI is InChI=1S/C23H24N4OS2/c1-16-13-14-26(19-9-5-6-10-20(19)30-16)21(28)15-29-23-24-22(17-11-12-17)27(25-23)18-7-3-2-4-8-18/h2-10,16-17H,11-15H2,1H3/t16-/m0/s1. The second-order valence-electron chi connectivity index (χ2n) is 7.79. The van der Waals surface area contributed by atoms with E-state index in [2.05, 4.69) is 19.1 Å². The van der Waals surface area contributed by atoms with Gasteiger partial charge in [-0.05, 0) is 43.5 Å². The number of para-hydroxylation sites is 2. The molecule has 2 aromatic carbocycles. The molecule has 1 atom stereocenters. The van der Waals surface area contributed by atoms with Gasteiger partial charge in [0.15, 0.2) is 0 Å². The lowest BCUT2D eigenvalue weighted by Crippen LogP contribution is -2.33. The minimum absolute atomic E-state index is 0.117. The number of amides is 1. The lowest BCUT2D eigenvalue weighted by atomic mass is 10.2. The molecule has 2 aliphatic rings. The van der Waals surface area contributed by atoms with Gasteiger partial charge in [-0.15, -0.1) is 16.9 Å². The van der Waals surface area contributed by atoms with E-state index < -0.39 is 0 Å². The summed E-state index contributed by atoms with van der Waals surface area (Å²) in [5, 5.41) is 5.91. The average molecular weight is 437 g/mol. The third-order valence-corrected chi connectivity index (χ3v) is 7.48. The molecule has 154 valence electrons. The van der Waals surface area contributed by atoms with Gasteiger partial charge in [-0.25, -0.2) is 9.67 Å². The molecule has 0 N–H and O–H groups in total. The lowest BCUT2D eigenvalue weighted by Gasteiger charge is -2.22. The highest BCUT2D eigenvalue weighted by Gasteiger charge is 2.31. The van der Waals surface area contributed by atoms with Gasteiger partial charge in [0, 0.05) is 22.6 Å². The predicted octanol–water partition coefficient (Wildman–Crippen LogP) is 5.15. The fourth-order valence-corrected chi connectivity index (χ4v) is 5.50. The molecule has 1 aliphatic heterocycles. The normalized spacial score (nSPS) is 18.7. The van der Waals surface area contributed by atoms with E-state index in [0.717, 1.165) is 43.0 Å². The number of rotatable bonds is 5. The number of carbonyl (C=O) groups excluding carboxylic acids is 1. The van der Waals surface area contributed by atoms with Crippen LogP contribution in [0.1, 0.15) is 37.9 Å². The molecule has 1 fully saturated rings. The topological polar surface area (TPSA) is 51.0 Å². The summed E-state index contributed by atoms with van der Waals surface area (Å²) >= 11 is 3.29. The molecular formula is C23H24N4OS2. The Morgan fingerprint density at radius 3 is 2.67 bits per heavy atom. The Bertz CT molecular complexity index is 1050. The number of carbonyl (C=O) groups is 1. The minimum Gasteiger partial charge on any atom is -0.311 e. The van der Waals surface area contributed by atoms with E-state index in [1.165, 1.54) is 16.7 Å². The minimum atomic E-state index is 0.117. The number of hydrogen-bond donors (Lipinski definition) is 0. The number of nitrogens with zero attached hydrogens (tertiary/aromatic N) is 4. The Morgan fingerprint density at radius 2 is 1.87 bits per heavy atom. The fraction of sp³-hybridized carbons (Fsp3) is 0.348. The number of benzene rings is 2. The first-order valence-electron chi connectivity index (χ1n) is 10.4. The van der Waals surface area contributed by atoms with E-state index in [-0.39, 0.29) is 5.91 Å². The van der Waals surface area contributed by atoms with Crippen molar-refractivity contribution >= 4 is 35.1 Å². The summed E-state index contributed by atoms with van der Waals surface area (Å²) < 4.78 is 1.95. The molecule has 0 spiro atoms. The van der Waals surface area contributed by atoms with Crippen LogP contribution in [0.15, 0.2) is 64.6 Å². The second-order valence-corrected chi connectivity index (χ2v) is 10.2. The molecule has 0 bridgehead atoms. The van der Waals surface area contributed by atoms with E-state index in [1.54, 1.807) is 0 Å². The Labute approximate surface area is 185 Å². The monoisotopic (exact) mass is 436 g/mol. The Balaban J connectivity index is 1.34. The summed E-state index contributed by atoms with van der Waals surface area (Å²) in [6.45, 7) is 2.98. The zero-order chi connectivity index (χ0) is 20.5. The van der Waals surface area contributed by atoms with E-state index in [0.29, 0.717) is 22.1 Å². The molecule has 0 unspecified atom stereocenters. The van der Waals surface area contributed by atoms with Gasteiger partial charge in [0.05, 0.1) is 17.1 Å². The zero-order valence-corrected chi connectivity index (χ0v) is 18.5. The van der Waals surface area contributed by atoms with Crippen LogP contribution < -0.4 is 4.90 Å². The molecule has 1 aliphatic carbocycles. The molecule has 5 rings (SSSR count). The molecule has 0 saturated heterocycles. The van der Waals surface area contributed by atoms with Gasteiger partial charge in [-0.3, -0.25) is 4.79 Å². The maximum Gasteiger partial charge on any atom is 0.237 e. The SMILES string of the molecule is C[C@H]1CCN(C(=O)CSc2nc(C3CC3)n(-c3ccccc3)n2)c2ccccc2S1. The van der Waals surface area contributed by atoms with Crippen molar-refractivity contribution in [2.45, 2.75) is 47.4 Å². The van der Waals surface area contributed by atoms with Gasteiger partial charge in [-0.2, -0.15) is 0 Å². The number of anilines is 1. The molecule has 2 heterocycles. The molecule has 1 saturated carbocycles. The molecule has 30 heavy (non-hydrogen) atoms. The predicted molar refractivity (Wildman–Crippen MR) is 123 cm³/mol. The number of hydrogen-bond acceptors (Lipinski definition) is 5. The van der Waals surface area contributed by atoms with Crippen LogP contribution in [0.4, 0.5) is 5.69 Å². The third-order valence-electron chi connectivity index (χ3n) is 5.43. The van der Waals surface area contributed by atoms with Crippen molar-refractivity contribution in [3.8, 4) is 5.69 Å². The molecule has 1 amide bonds. The summed E-state index contributed by atoms with van der Waals surface area (Å²) in [6, 6.07) is 18.3. The van der Waals surface area contributed by atoms with Crippen molar-refractivity contribution in [3.63, 3.8) is 0 Å². The van der Waals surface area contributed by atoms with Gasteiger partial charge >= 0.3 is 0 Å². The van der Waals surface area contributed by atoms with Gasteiger partial charge in [0.2, 0.25) is 11.1 Å². The largest absolute Gasteiger partial charge is 0.311 e. The molecule has 1 aromatic heterocycles. The van der Waals surface area contributed by atoms with Gasteiger partial charge < -0.3 is 4.90 Å².